The van der Waals surface area contributed by atoms with Crippen LogP contribution in [0.2, 0.25) is 0 Å². The van der Waals surface area contributed by atoms with Crippen LogP contribution in [-0.2, 0) is 16.1 Å². The number of benzene rings is 1. The van der Waals surface area contributed by atoms with Crippen molar-refractivity contribution in [3.63, 3.8) is 0 Å². The minimum absolute atomic E-state index is 0.0488. The van der Waals surface area contributed by atoms with E-state index in [2.05, 4.69) is 10.3 Å². The number of rotatable bonds is 5. The smallest absolute Gasteiger partial charge is 0.341 e. The molecular formula is C16H13N3O5S. The first-order valence-corrected chi connectivity index (χ1v) is 8.27. The molecular weight excluding hydrogens is 346 g/mol. The third-order valence-electron chi connectivity index (χ3n) is 3.46. The van der Waals surface area contributed by atoms with Crippen LogP contribution in [0.25, 0.3) is 0 Å². The molecule has 8 nitrogen and oxygen atoms in total. The van der Waals surface area contributed by atoms with Crippen molar-refractivity contribution in [1.29, 1.82) is 0 Å². The average Bonchev–Trinajstić information content (AvgIpc) is 2.94. The summed E-state index contributed by atoms with van der Waals surface area (Å²) >= 11 is 1.15. The van der Waals surface area contributed by atoms with Gasteiger partial charge >= 0.3 is 5.97 Å². The number of non-ortho nitro benzene ring substituents is 1. The first-order chi connectivity index (χ1) is 11.9. The van der Waals surface area contributed by atoms with E-state index in [-0.39, 0.29) is 24.0 Å². The number of nitrogens with one attached hydrogen (secondary N) is 1. The Hall–Kier alpha value is -2.94. The van der Waals surface area contributed by atoms with Crippen LogP contribution in [0.5, 0.6) is 0 Å². The minimum Gasteiger partial charge on any atom is -0.457 e. The van der Waals surface area contributed by atoms with Gasteiger partial charge < -0.3 is 10.1 Å². The van der Waals surface area contributed by atoms with E-state index in [0.717, 1.165) is 23.0 Å². The Balaban J connectivity index is 1.65. The van der Waals surface area contributed by atoms with Gasteiger partial charge in [0.25, 0.3) is 5.69 Å². The first-order valence-electron chi connectivity index (χ1n) is 7.29. The van der Waals surface area contributed by atoms with Gasteiger partial charge in [0.2, 0.25) is 5.91 Å². The summed E-state index contributed by atoms with van der Waals surface area (Å²) in [6.07, 6.45) is 0. The van der Waals surface area contributed by atoms with Crippen LogP contribution < -0.4 is 5.32 Å². The lowest BCUT2D eigenvalue weighted by atomic mass is 10.1. The molecule has 0 aliphatic carbocycles. The van der Waals surface area contributed by atoms with Gasteiger partial charge in [0.05, 0.1) is 16.2 Å². The number of hydrogen-bond acceptors (Lipinski definition) is 7. The molecule has 1 aliphatic rings. The molecule has 0 atom stereocenters. The maximum atomic E-state index is 12.1. The zero-order chi connectivity index (χ0) is 18.0. The summed E-state index contributed by atoms with van der Waals surface area (Å²) in [5.41, 5.74) is 2.34. The Morgan fingerprint density at radius 1 is 1.40 bits per heavy atom. The SMILES string of the molecule is Cc1cc2c(c(SCC(=O)Nc3ccc([N+](=O)[O-])cc3)n1)C(=O)OC2. The molecule has 1 aromatic heterocycles. The number of nitrogens with zero attached hydrogens (tertiary/aromatic N) is 2. The monoisotopic (exact) mass is 359 g/mol. The van der Waals surface area contributed by atoms with Gasteiger partial charge in [-0.15, -0.1) is 0 Å². The molecule has 2 heterocycles. The summed E-state index contributed by atoms with van der Waals surface area (Å²) in [4.78, 5) is 38.3. The molecule has 1 aliphatic heterocycles. The molecule has 9 heteroatoms. The molecule has 128 valence electrons. The fraction of sp³-hybridized carbons (Fsp3) is 0.188. The number of anilines is 1. The minimum atomic E-state index is -0.509. The van der Waals surface area contributed by atoms with Crippen molar-refractivity contribution in [1.82, 2.24) is 4.98 Å². The fourth-order valence-corrected chi connectivity index (χ4v) is 3.27. The van der Waals surface area contributed by atoms with Crippen LogP contribution in [0.1, 0.15) is 21.6 Å². The maximum Gasteiger partial charge on any atom is 0.341 e. The van der Waals surface area contributed by atoms with Gasteiger partial charge in [0, 0.05) is 29.1 Å². The van der Waals surface area contributed by atoms with Crippen molar-refractivity contribution in [3.05, 3.63) is 57.3 Å². The van der Waals surface area contributed by atoms with Crippen molar-refractivity contribution in [2.75, 3.05) is 11.1 Å². The van der Waals surface area contributed by atoms with Crippen molar-refractivity contribution >= 4 is 35.0 Å². The lowest BCUT2D eigenvalue weighted by Crippen LogP contribution is -2.14. The van der Waals surface area contributed by atoms with E-state index in [4.69, 9.17) is 4.74 Å². The zero-order valence-corrected chi connectivity index (χ0v) is 14.0. The van der Waals surface area contributed by atoms with E-state index < -0.39 is 10.9 Å². The number of carbonyl (C=O) groups is 2. The molecule has 0 bridgehead atoms. The predicted octanol–water partition coefficient (Wildman–Crippen LogP) is 2.70. The number of pyridine rings is 1. The molecule has 1 amide bonds. The first kappa shape index (κ1) is 16.9. The summed E-state index contributed by atoms with van der Waals surface area (Å²) in [5.74, 6) is -0.685. The Labute approximate surface area is 146 Å². The third kappa shape index (κ3) is 3.77. The number of esters is 1. The van der Waals surface area contributed by atoms with E-state index in [1.54, 1.807) is 6.07 Å². The number of aryl methyl sites for hydroxylation is 1. The number of fused-ring (bicyclic) bond motifs is 1. The number of nitro benzene ring substituents is 1. The van der Waals surface area contributed by atoms with Crippen LogP contribution >= 0.6 is 11.8 Å². The number of hydrogen-bond donors (Lipinski definition) is 1. The van der Waals surface area contributed by atoms with E-state index in [1.807, 2.05) is 6.92 Å². The molecule has 0 spiro atoms. The lowest BCUT2D eigenvalue weighted by Gasteiger charge is -2.07. The molecule has 1 aromatic carbocycles. The van der Waals surface area contributed by atoms with Crippen molar-refractivity contribution in [2.24, 2.45) is 0 Å². The zero-order valence-electron chi connectivity index (χ0n) is 13.1. The van der Waals surface area contributed by atoms with Crippen LogP contribution in [0.4, 0.5) is 11.4 Å². The van der Waals surface area contributed by atoms with Crippen molar-refractivity contribution in [3.8, 4) is 0 Å². The van der Waals surface area contributed by atoms with E-state index in [9.17, 15) is 19.7 Å². The van der Waals surface area contributed by atoms with Crippen LogP contribution in [-0.4, -0.2) is 27.5 Å². The highest BCUT2D eigenvalue weighted by Gasteiger charge is 2.27. The highest BCUT2D eigenvalue weighted by molar-refractivity contribution is 8.00. The Morgan fingerprint density at radius 3 is 2.80 bits per heavy atom. The van der Waals surface area contributed by atoms with E-state index in [0.29, 0.717) is 16.3 Å². The summed E-state index contributed by atoms with van der Waals surface area (Å²) in [5, 5.41) is 13.7. The quantitative estimate of drug-likeness (QED) is 0.378. The van der Waals surface area contributed by atoms with E-state index >= 15 is 0 Å². The molecule has 0 radical (unpaired) electrons. The Kier molecular flexibility index (Phi) is 4.66. The second-order valence-electron chi connectivity index (χ2n) is 5.32. The number of ether oxygens (including phenoxy) is 1. The summed E-state index contributed by atoms with van der Waals surface area (Å²) in [6.45, 7) is 2.03. The molecule has 0 saturated heterocycles. The fourth-order valence-electron chi connectivity index (χ4n) is 2.36. The summed E-state index contributed by atoms with van der Waals surface area (Å²) in [6, 6.07) is 7.34. The normalized spacial score (nSPS) is 12.4. The predicted molar refractivity (Wildman–Crippen MR) is 90.5 cm³/mol. The second kappa shape index (κ2) is 6.89. The Morgan fingerprint density at radius 2 is 2.12 bits per heavy atom. The topological polar surface area (TPSA) is 111 Å². The number of carbonyl (C=O) groups excluding carboxylic acids is 2. The molecule has 2 aromatic rings. The summed E-state index contributed by atoms with van der Waals surface area (Å²) < 4.78 is 5.00. The number of thioether (sulfide) groups is 1. The highest BCUT2D eigenvalue weighted by atomic mass is 32.2. The summed E-state index contributed by atoms with van der Waals surface area (Å²) in [7, 11) is 0. The van der Waals surface area contributed by atoms with Crippen LogP contribution in [0.15, 0.2) is 35.4 Å². The van der Waals surface area contributed by atoms with Gasteiger partial charge in [-0.2, -0.15) is 0 Å². The molecule has 1 N–H and O–H groups in total. The van der Waals surface area contributed by atoms with Crippen molar-refractivity contribution in [2.45, 2.75) is 18.6 Å². The van der Waals surface area contributed by atoms with Crippen molar-refractivity contribution < 1.29 is 19.2 Å². The van der Waals surface area contributed by atoms with E-state index in [1.165, 1.54) is 24.3 Å². The third-order valence-corrected chi connectivity index (χ3v) is 4.44. The maximum absolute atomic E-state index is 12.1. The molecule has 3 rings (SSSR count). The van der Waals surface area contributed by atoms with Gasteiger partial charge in [0.1, 0.15) is 11.6 Å². The lowest BCUT2D eigenvalue weighted by molar-refractivity contribution is -0.384. The largest absolute Gasteiger partial charge is 0.457 e. The standard InChI is InChI=1S/C16H13N3O5S/c1-9-6-10-7-24-16(21)14(10)15(17-9)25-8-13(20)18-11-2-4-12(5-3-11)19(22)23/h2-6H,7-8H2,1H3,(H,18,20). The average molecular weight is 359 g/mol. The number of amides is 1. The highest BCUT2D eigenvalue weighted by Crippen LogP contribution is 2.30. The second-order valence-corrected chi connectivity index (χ2v) is 6.28. The van der Waals surface area contributed by atoms with Gasteiger partial charge in [-0.1, -0.05) is 11.8 Å². The number of aromatic nitrogens is 1. The van der Waals surface area contributed by atoms with Gasteiger partial charge in [-0.05, 0) is 25.1 Å². The van der Waals surface area contributed by atoms with Crippen LogP contribution in [0, 0.1) is 17.0 Å². The molecule has 0 unspecified atom stereocenters. The molecule has 0 fully saturated rings. The van der Waals surface area contributed by atoms with Gasteiger partial charge in [-0.3, -0.25) is 14.9 Å². The molecule has 25 heavy (non-hydrogen) atoms. The number of cyclic esters (lactones) is 1. The van der Waals surface area contributed by atoms with Crippen LogP contribution in [0.3, 0.4) is 0 Å². The Bertz CT molecular complexity index is 867. The molecule has 0 saturated carbocycles. The van der Waals surface area contributed by atoms with Gasteiger partial charge in [-0.25, -0.2) is 9.78 Å². The number of nitro groups is 1. The van der Waals surface area contributed by atoms with Gasteiger partial charge in [0.15, 0.2) is 0 Å².